The van der Waals surface area contributed by atoms with Gasteiger partial charge in [0.15, 0.2) is 11.6 Å². The summed E-state index contributed by atoms with van der Waals surface area (Å²) in [6.07, 6.45) is -5.60. The predicted octanol–water partition coefficient (Wildman–Crippen LogP) is 9.98. The fourth-order valence-corrected chi connectivity index (χ4v) is 4.18. The summed E-state index contributed by atoms with van der Waals surface area (Å²) in [7, 11) is 0. The Morgan fingerprint density at radius 2 is 1.27 bits per heavy atom. The minimum absolute atomic E-state index is 0.0580. The second kappa shape index (κ2) is 13.4. The topological polar surface area (TPSA) is 18.5 Å². The van der Waals surface area contributed by atoms with Crippen LogP contribution in [-0.4, -0.2) is 6.36 Å². The van der Waals surface area contributed by atoms with Gasteiger partial charge in [-0.1, -0.05) is 36.1 Å². The Morgan fingerprint density at radius 3 is 1.82 bits per heavy atom. The van der Waals surface area contributed by atoms with Crippen LogP contribution in [0.5, 0.6) is 11.5 Å². The van der Waals surface area contributed by atoms with Crippen LogP contribution in [0.2, 0.25) is 0 Å². The van der Waals surface area contributed by atoms with Crippen LogP contribution in [0.15, 0.2) is 78.9 Å². The normalized spacial score (nSPS) is 11.8. The van der Waals surface area contributed by atoms with Crippen LogP contribution in [0.3, 0.4) is 0 Å². The first-order valence-corrected chi connectivity index (χ1v) is 13.0. The van der Waals surface area contributed by atoms with Crippen molar-refractivity contribution in [3.8, 4) is 34.5 Å². The van der Waals surface area contributed by atoms with E-state index in [2.05, 4.69) is 21.3 Å². The molecule has 0 amide bonds. The summed E-state index contributed by atoms with van der Waals surface area (Å²) in [6, 6.07) is 11.0. The number of aryl methyl sites for hydroxylation is 1. The van der Waals surface area contributed by atoms with Crippen LogP contribution >= 0.6 is 0 Å². The van der Waals surface area contributed by atoms with Gasteiger partial charge >= 0.3 is 12.5 Å². The Labute approximate surface area is 250 Å². The summed E-state index contributed by atoms with van der Waals surface area (Å²) in [5, 5.41) is 0. The molecule has 0 aromatic heterocycles. The third-order valence-electron chi connectivity index (χ3n) is 6.18. The van der Waals surface area contributed by atoms with E-state index in [1.807, 2.05) is 0 Å². The average Bonchev–Trinajstić information content (AvgIpc) is 2.93. The summed E-state index contributed by atoms with van der Waals surface area (Å²) in [5.74, 6) is -4.66. The first-order valence-electron chi connectivity index (χ1n) is 13.0. The van der Waals surface area contributed by atoms with E-state index in [0.717, 1.165) is 24.3 Å². The molecule has 0 bridgehead atoms. The molecule has 0 radical (unpaired) electrons. The number of hydrogen-bond donors (Lipinski definition) is 0. The van der Waals surface area contributed by atoms with Crippen molar-refractivity contribution in [2.24, 2.45) is 0 Å². The molecule has 0 saturated carbocycles. The zero-order valence-corrected chi connectivity index (χ0v) is 23.0. The van der Waals surface area contributed by atoms with Gasteiger partial charge in [0.1, 0.15) is 28.8 Å². The van der Waals surface area contributed by atoms with Crippen LogP contribution in [0.4, 0.5) is 43.9 Å². The summed E-state index contributed by atoms with van der Waals surface area (Å²) >= 11 is 0. The van der Waals surface area contributed by atoms with Gasteiger partial charge in [-0.15, -0.1) is 13.2 Å². The summed E-state index contributed by atoms with van der Waals surface area (Å²) in [5.41, 5.74) is -1.26. The first kappa shape index (κ1) is 33.0. The van der Waals surface area contributed by atoms with Gasteiger partial charge in [-0.2, -0.15) is 8.78 Å². The molecule has 12 heteroatoms. The number of ether oxygens (including phenoxy) is 2. The summed E-state index contributed by atoms with van der Waals surface area (Å²) in [4.78, 5) is 0. The Bertz CT molecular complexity index is 1740. The first-order chi connectivity index (χ1) is 21.2. The molecule has 0 aliphatic heterocycles. The molecule has 4 aromatic carbocycles. The van der Waals surface area contributed by atoms with E-state index < -0.39 is 58.6 Å². The largest absolute Gasteiger partial charge is 0.573 e. The molecular weight excluding hydrogens is 618 g/mol. The molecular formula is C33H20F10O2. The number of alkyl halides is 5. The zero-order chi connectivity index (χ0) is 32.9. The molecule has 0 fully saturated rings. The molecule has 0 aliphatic carbocycles. The maximum atomic E-state index is 14.9. The molecule has 0 saturated heterocycles. The number of hydrogen-bond acceptors (Lipinski definition) is 2. The molecule has 0 aliphatic rings. The van der Waals surface area contributed by atoms with Crippen molar-refractivity contribution in [2.45, 2.75) is 32.2 Å². The molecule has 234 valence electrons. The van der Waals surface area contributed by atoms with Crippen molar-refractivity contribution < 1.29 is 53.4 Å². The Morgan fingerprint density at radius 1 is 0.667 bits per heavy atom. The van der Waals surface area contributed by atoms with Crippen molar-refractivity contribution >= 4 is 0 Å². The molecule has 0 spiro atoms. The molecule has 0 N–H and O–H groups in total. The minimum atomic E-state index is -5.30. The van der Waals surface area contributed by atoms with Crippen LogP contribution in [0.25, 0.3) is 11.1 Å². The second-order valence-electron chi connectivity index (χ2n) is 9.45. The fraction of sp³-hybridized carbons (Fsp3) is 0.152. The van der Waals surface area contributed by atoms with E-state index in [9.17, 15) is 43.9 Å². The molecule has 45 heavy (non-hydrogen) atoms. The molecule has 4 rings (SSSR count). The van der Waals surface area contributed by atoms with Crippen LogP contribution in [0.1, 0.15) is 35.6 Å². The SMILES string of the molecule is C/C=C/CCc1cc(F)c(C(F)(F)Oc2ccc(-c3ccc(C#Cc4cc(F)c(OC(F)(F)F)c(F)c4)cc3)c(F)c2)c(F)c1. The fourth-order valence-electron chi connectivity index (χ4n) is 4.18. The lowest BCUT2D eigenvalue weighted by molar-refractivity contribution is -0.276. The van der Waals surface area contributed by atoms with Gasteiger partial charge in [-0.3, -0.25) is 0 Å². The van der Waals surface area contributed by atoms with Crippen molar-refractivity contribution in [1.82, 2.24) is 0 Å². The number of allylic oxidation sites excluding steroid dienone is 2. The average molecular weight is 639 g/mol. The van der Waals surface area contributed by atoms with Crippen molar-refractivity contribution in [1.29, 1.82) is 0 Å². The van der Waals surface area contributed by atoms with E-state index in [0.29, 0.717) is 24.6 Å². The van der Waals surface area contributed by atoms with E-state index in [-0.39, 0.29) is 34.2 Å². The van der Waals surface area contributed by atoms with Gasteiger partial charge in [0.05, 0.1) is 0 Å². The van der Waals surface area contributed by atoms with Gasteiger partial charge in [-0.05, 0) is 79.4 Å². The van der Waals surface area contributed by atoms with Gasteiger partial charge in [0.25, 0.3) is 0 Å². The van der Waals surface area contributed by atoms with Crippen molar-refractivity contribution in [3.05, 3.63) is 130 Å². The van der Waals surface area contributed by atoms with Gasteiger partial charge < -0.3 is 9.47 Å². The van der Waals surface area contributed by atoms with E-state index >= 15 is 0 Å². The third kappa shape index (κ3) is 8.38. The van der Waals surface area contributed by atoms with Gasteiger partial charge in [0.2, 0.25) is 5.75 Å². The Kier molecular flexibility index (Phi) is 9.81. The van der Waals surface area contributed by atoms with Crippen molar-refractivity contribution in [3.63, 3.8) is 0 Å². The molecule has 0 heterocycles. The highest BCUT2D eigenvalue weighted by molar-refractivity contribution is 5.66. The third-order valence-corrected chi connectivity index (χ3v) is 6.18. The van der Waals surface area contributed by atoms with E-state index in [4.69, 9.17) is 0 Å². The summed E-state index contributed by atoms with van der Waals surface area (Å²) < 4.78 is 146. The van der Waals surface area contributed by atoms with Crippen LogP contribution in [0, 0.1) is 40.9 Å². The monoisotopic (exact) mass is 638 g/mol. The van der Waals surface area contributed by atoms with Gasteiger partial charge in [-0.25, -0.2) is 22.0 Å². The van der Waals surface area contributed by atoms with E-state index in [1.165, 1.54) is 24.3 Å². The predicted molar refractivity (Wildman–Crippen MR) is 145 cm³/mol. The number of rotatable bonds is 8. The Hall–Kier alpha value is -4.92. The quantitative estimate of drug-likeness (QED) is 0.109. The molecule has 0 unspecified atom stereocenters. The Balaban J connectivity index is 1.49. The second-order valence-corrected chi connectivity index (χ2v) is 9.45. The van der Waals surface area contributed by atoms with Crippen LogP contribution in [-0.2, 0) is 12.5 Å². The van der Waals surface area contributed by atoms with Gasteiger partial charge in [0, 0.05) is 22.8 Å². The lowest BCUT2D eigenvalue weighted by Crippen LogP contribution is -2.25. The number of benzene rings is 4. The highest BCUT2D eigenvalue weighted by Gasteiger charge is 2.41. The van der Waals surface area contributed by atoms with E-state index in [1.54, 1.807) is 19.1 Å². The smallest absolute Gasteiger partial charge is 0.429 e. The molecule has 2 nitrogen and oxygen atoms in total. The van der Waals surface area contributed by atoms with Crippen LogP contribution < -0.4 is 9.47 Å². The zero-order valence-electron chi connectivity index (χ0n) is 23.0. The summed E-state index contributed by atoms with van der Waals surface area (Å²) in [6.45, 7) is 1.76. The maximum absolute atomic E-state index is 14.9. The number of halogens is 10. The highest BCUT2D eigenvalue weighted by atomic mass is 19.4. The van der Waals surface area contributed by atoms with Crippen molar-refractivity contribution in [2.75, 3.05) is 0 Å². The lowest BCUT2D eigenvalue weighted by atomic mass is 10.0. The molecule has 0 atom stereocenters. The lowest BCUT2D eigenvalue weighted by Gasteiger charge is -2.20. The maximum Gasteiger partial charge on any atom is 0.573 e. The minimum Gasteiger partial charge on any atom is -0.429 e. The highest BCUT2D eigenvalue weighted by Crippen LogP contribution is 2.37. The molecule has 4 aromatic rings. The standard InChI is InChI=1S/C33H20F10O2/c1-2-3-4-5-20-14-26(35)30(27(36)15-20)32(39,40)44-23-12-13-24(25(34)18-23)22-10-8-19(9-11-22)6-7-21-16-28(37)31(29(38)17-21)45-33(41,42)43/h2-3,8-18H,4-5H2,1H3/b3-2+.